The first-order valence-electron chi connectivity index (χ1n) is 7.31. The van der Waals surface area contributed by atoms with Crippen LogP contribution >= 0.6 is 0 Å². The van der Waals surface area contributed by atoms with Crippen molar-refractivity contribution in [2.24, 2.45) is 0 Å². The summed E-state index contributed by atoms with van der Waals surface area (Å²) in [6.45, 7) is 4.07. The summed E-state index contributed by atoms with van der Waals surface area (Å²) < 4.78 is 26.2. The molecule has 2 atom stereocenters. The highest BCUT2D eigenvalue weighted by Crippen LogP contribution is 2.17. The molecule has 112 valence electrons. The number of aryl methyl sites for hydroxylation is 1. The van der Waals surface area contributed by atoms with Crippen LogP contribution in [0.2, 0.25) is 0 Å². The van der Waals surface area contributed by atoms with Gasteiger partial charge in [0, 0.05) is 12.1 Å². The van der Waals surface area contributed by atoms with Gasteiger partial charge in [-0.3, -0.25) is 0 Å². The molecule has 0 saturated heterocycles. The van der Waals surface area contributed by atoms with Crippen LogP contribution in [0.1, 0.15) is 37.4 Å². The lowest BCUT2D eigenvalue weighted by Gasteiger charge is -2.20. The smallest absolute Gasteiger partial charge is 0.159 e. The van der Waals surface area contributed by atoms with E-state index in [1.165, 1.54) is 17.7 Å². The number of hydrogen-bond acceptors (Lipinski definition) is 1. The first-order valence-corrected chi connectivity index (χ1v) is 7.31. The van der Waals surface area contributed by atoms with Gasteiger partial charge >= 0.3 is 0 Å². The van der Waals surface area contributed by atoms with Gasteiger partial charge in [0.05, 0.1) is 0 Å². The van der Waals surface area contributed by atoms with Gasteiger partial charge in [-0.1, -0.05) is 36.4 Å². The molecule has 0 fully saturated rings. The molecular weight excluding hydrogens is 268 g/mol. The van der Waals surface area contributed by atoms with Crippen LogP contribution in [0, 0.1) is 11.6 Å². The molecule has 0 radical (unpaired) electrons. The Labute approximate surface area is 125 Å². The maximum absolute atomic E-state index is 13.2. The summed E-state index contributed by atoms with van der Waals surface area (Å²) >= 11 is 0. The maximum atomic E-state index is 13.2. The molecule has 2 aromatic carbocycles. The summed E-state index contributed by atoms with van der Waals surface area (Å²) in [5, 5.41) is 3.42. The first kappa shape index (κ1) is 15.6. The predicted molar refractivity (Wildman–Crippen MR) is 82.1 cm³/mol. The number of nitrogens with one attached hydrogen (secondary N) is 1. The molecule has 1 nitrogen and oxygen atoms in total. The van der Waals surface area contributed by atoms with Crippen molar-refractivity contribution in [3.8, 4) is 0 Å². The average molecular weight is 289 g/mol. The fraction of sp³-hybridized carbons (Fsp3) is 0.333. The first-order chi connectivity index (χ1) is 10.1. The fourth-order valence-electron chi connectivity index (χ4n) is 2.42. The van der Waals surface area contributed by atoms with Crippen molar-refractivity contribution in [1.82, 2.24) is 5.32 Å². The van der Waals surface area contributed by atoms with Crippen LogP contribution in [0.3, 0.4) is 0 Å². The van der Waals surface area contributed by atoms with E-state index in [-0.39, 0.29) is 6.04 Å². The van der Waals surface area contributed by atoms with Crippen LogP contribution in [-0.2, 0) is 6.42 Å². The largest absolute Gasteiger partial charge is 0.308 e. The van der Waals surface area contributed by atoms with Gasteiger partial charge in [-0.05, 0) is 49.9 Å². The zero-order chi connectivity index (χ0) is 15.2. The summed E-state index contributed by atoms with van der Waals surface area (Å²) in [5.41, 5.74) is 2.08. The Hall–Kier alpha value is -1.74. The van der Waals surface area contributed by atoms with Gasteiger partial charge in [0.15, 0.2) is 11.6 Å². The highest BCUT2D eigenvalue weighted by Gasteiger charge is 2.12. The van der Waals surface area contributed by atoms with E-state index in [4.69, 9.17) is 0 Å². The molecule has 0 aliphatic rings. The lowest BCUT2D eigenvalue weighted by Crippen LogP contribution is -2.29. The van der Waals surface area contributed by atoms with E-state index >= 15 is 0 Å². The molecule has 0 saturated carbocycles. The minimum Gasteiger partial charge on any atom is -0.308 e. The summed E-state index contributed by atoms with van der Waals surface area (Å²) in [7, 11) is 0. The van der Waals surface area contributed by atoms with E-state index in [2.05, 4.69) is 24.4 Å². The zero-order valence-electron chi connectivity index (χ0n) is 12.4. The summed E-state index contributed by atoms with van der Waals surface area (Å²) in [5.74, 6) is -1.60. The second kappa shape index (κ2) is 7.32. The molecule has 0 bridgehead atoms. The van der Waals surface area contributed by atoms with Gasteiger partial charge in [-0.25, -0.2) is 8.78 Å². The Kier molecular flexibility index (Phi) is 5.45. The van der Waals surface area contributed by atoms with Crippen molar-refractivity contribution in [1.29, 1.82) is 0 Å². The third kappa shape index (κ3) is 4.64. The van der Waals surface area contributed by atoms with Crippen LogP contribution in [-0.4, -0.2) is 6.04 Å². The molecule has 3 heteroatoms. The molecule has 0 aliphatic carbocycles. The lowest BCUT2D eigenvalue weighted by molar-refractivity contribution is 0.451. The van der Waals surface area contributed by atoms with Gasteiger partial charge in [0.1, 0.15) is 0 Å². The van der Waals surface area contributed by atoms with Crippen molar-refractivity contribution in [3.05, 3.63) is 71.3 Å². The molecule has 2 unspecified atom stereocenters. The molecule has 0 amide bonds. The molecule has 0 heterocycles. The second-order valence-corrected chi connectivity index (χ2v) is 5.49. The number of halogens is 2. The highest BCUT2D eigenvalue weighted by molar-refractivity contribution is 5.21. The second-order valence-electron chi connectivity index (χ2n) is 5.49. The van der Waals surface area contributed by atoms with Crippen LogP contribution in [0.25, 0.3) is 0 Å². The molecule has 1 N–H and O–H groups in total. The van der Waals surface area contributed by atoms with Crippen molar-refractivity contribution < 1.29 is 8.78 Å². The lowest BCUT2D eigenvalue weighted by atomic mass is 10.0. The third-order valence-corrected chi connectivity index (χ3v) is 3.69. The van der Waals surface area contributed by atoms with Crippen molar-refractivity contribution in [2.45, 2.75) is 38.8 Å². The Balaban J connectivity index is 1.86. The van der Waals surface area contributed by atoms with Crippen molar-refractivity contribution in [2.75, 3.05) is 0 Å². The molecule has 2 rings (SSSR count). The summed E-state index contributed by atoms with van der Waals surface area (Å²) in [6.07, 6.45) is 2.00. The van der Waals surface area contributed by atoms with Crippen LogP contribution < -0.4 is 5.32 Å². The van der Waals surface area contributed by atoms with Gasteiger partial charge in [0.25, 0.3) is 0 Å². The maximum Gasteiger partial charge on any atom is 0.159 e. The van der Waals surface area contributed by atoms with Crippen LogP contribution in [0.5, 0.6) is 0 Å². The van der Waals surface area contributed by atoms with E-state index in [9.17, 15) is 8.78 Å². The van der Waals surface area contributed by atoms with Gasteiger partial charge < -0.3 is 5.32 Å². The minimum atomic E-state index is -0.803. The molecule has 0 aromatic heterocycles. The molecule has 0 spiro atoms. The molecule has 21 heavy (non-hydrogen) atoms. The SMILES string of the molecule is CC(CCc1ccccc1)NC(C)c1ccc(F)c(F)c1. The van der Waals surface area contributed by atoms with E-state index < -0.39 is 11.6 Å². The summed E-state index contributed by atoms with van der Waals surface area (Å²) in [4.78, 5) is 0. The third-order valence-electron chi connectivity index (χ3n) is 3.69. The van der Waals surface area contributed by atoms with Gasteiger partial charge in [-0.15, -0.1) is 0 Å². The quantitative estimate of drug-likeness (QED) is 0.817. The number of benzene rings is 2. The highest BCUT2D eigenvalue weighted by atomic mass is 19.2. The standard InChI is InChI=1S/C18H21F2N/c1-13(8-9-15-6-4-3-5-7-15)21-14(2)16-10-11-17(19)18(20)12-16/h3-7,10-14,21H,8-9H2,1-2H3. The number of hydrogen-bond donors (Lipinski definition) is 1. The van der Waals surface area contributed by atoms with E-state index in [0.29, 0.717) is 6.04 Å². The Morgan fingerprint density at radius 1 is 0.952 bits per heavy atom. The van der Waals surface area contributed by atoms with Crippen LogP contribution in [0.15, 0.2) is 48.5 Å². The molecule has 2 aromatic rings. The normalized spacial score (nSPS) is 13.9. The van der Waals surface area contributed by atoms with E-state index in [1.807, 2.05) is 25.1 Å². The predicted octanol–water partition coefficient (Wildman–Crippen LogP) is 4.64. The Bertz CT molecular complexity index is 569. The number of rotatable bonds is 6. The minimum absolute atomic E-state index is 0.00845. The topological polar surface area (TPSA) is 12.0 Å². The Morgan fingerprint density at radius 2 is 1.67 bits per heavy atom. The summed E-state index contributed by atoms with van der Waals surface area (Å²) in [6, 6.07) is 14.7. The van der Waals surface area contributed by atoms with Crippen molar-refractivity contribution in [3.63, 3.8) is 0 Å². The van der Waals surface area contributed by atoms with E-state index in [1.54, 1.807) is 6.07 Å². The fourth-order valence-corrected chi connectivity index (χ4v) is 2.42. The van der Waals surface area contributed by atoms with Gasteiger partial charge in [0.2, 0.25) is 0 Å². The van der Waals surface area contributed by atoms with Crippen LogP contribution in [0.4, 0.5) is 8.78 Å². The van der Waals surface area contributed by atoms with E-state index in [0.717, 1.165) is 18.4 Å². The van der Waals surface area contributed by atoms with Gasteiger partial charge in [-0.2, -0.15) is 0 Å². The zero-order valence-corrected chi connectivity index (χ0v) is 12.4. The Morgan fingerprint density at radius 3 is 2.33 bits per heavy atom. The van der Waals surface area contributed by atoms with Crippen molar-refractivity contribution >= 4 is 0 Å². The molecular formula is C18H21F2N. The molecule has 0 aliphatic heterocycles. The average Bonchev–Trinajstić information content (AvgIpc) is 2.49. The monoisotopic (exact) mass is 289 g/mol.